The lowest BCUT2D eigenvalue weighted by Crippen LogP contribution is -2.26. The standard InChI is InChI=1S/C11H14Cl2N4O2S/c1-7(12)10-16-9-5-8(13)6-14-11(9)17(10)4-3-15-20(2,18)19/h5-7,15H,3-4H2,1-2H3. The topological polar surface area (TPSA) is 76.9 Å². The summed E-state index contributed by atoms with van der Waals surface area (Å²) in [5.41, 5.74) is 1.27. The summed E-state index contributed by atoms with van der Waals surface area (Å²) in [4.78, 5) is 8.63. The quantitative estimate of drug-likeness (QED) is 0.846. The number of pyridine rings is 1. The van der Waals surface area contributed by atoms with E-state index in [-0.39, 0.29) is 11.9 Å². The second kappa shape index (κ2) is 5.85. The monoisotopic (exact) mass is 336 g/mol. The van der Waals surface area contributed by atoms with Crippen LogP contribution < -0.4 is 4.72 Å². The molecule has 0 aliphatic carbocycles. The third kappa shape index (κ3) is 3.60. The van der Waals surface area contributed by atoms with Crippen LogP contribution in [0.2, 0.25) is 5.02 Å². The highest BCUT2D eigenvalue weighted by Crippen LogP contribution is 2.24. The van der Waals surface area contributed by atoms with Gasteiger partial charge in [-0.2, -0.15) is 0 Å². The van der Waals surface area contributed by atoms with Crippen LogP contribution in [0.4, 0.5) is 0 Å². The average molecular weight is 337 g/mol. The maximum absolute atomic E-state index is 11.1. The van der Waals surface area contributed by atoms with Gasteiger partial charge in [-0.15, -0.1) is 11.6 Å². The molecule has 2 rings (SSSR count). The Hall–Kier alpha value is -0.890. The van der Waals surface area contributed by atoms with Crippen molar-refractivity contribution in [1.82, 2.24) is 19.3 Å². The Kier molecular flexibility index (Phi) is 4.53. The molecule has 1 atom stereocenters. The van der Waals surface area contributed by atoms with E-state index in [2.05, 4.69) is 14.7 Å². The molecule has 2 heterocycles. The molecule has 0 spiro atoms. The van der Waals surface area contributed by atoms with Crippen molar-refractivity contribution < 1.29 is 8.42 Å². The van der Waals surface area contributed by atoms with Crippen LogP contribution in [-0.4, -0.2) is 35.8 Å². The lowest BCUT2D eigenvalue weighted by atomic mass is 10.4. The average Bonchev–Trinajstić information content (AvgIpc) is 2.66. The highest BCUT2D eigenvalue weighted by atomic mass is 35.5. The Morgan fingerprint density at radius 3 is 2.80 bits per heavy atom. The molecule has 0 aromatic carbocycles. The van der Waals surface area contributed by atoms with Gasteiger partial charge in [0.1, 0.15) is 11.3 Å². The zero-order chi connectivity index (χ0) is 14.9. The van der Waals surface area contributed by atoms with Crippen molar-refractivity contribution in [2.45, 2.75) is 18.8 Å². The first-order valence-corrected chi connectivity index (χ1v) is 8.59. The SMILES string of the molecule is CC(Cl)c1nc2cc(Cl)cnc2n1CCNS(C)(=O)=O. The molecule has 0 aliphatic heterocycles. The first-order valence-electron chi connectivity index (χ1n) is 5.88. The van der Waals surface area contributed by atoms with Gasteiger partial charge in [0.2, 0.25) is 10.0 Å². The van der Waals surface area contributed by atoms with Crippen molar-refractivity contribution in [2.75, 3.05) is 12.8 Å². The third-order valence-electron chi connectivity index (χ3n) is 2.64. The first-order chi connectivity index (χ1) is 9.28. The van der Waals surface area contributed by atoms with Crippen LogP contribution in [0.5, 0.6) is 0 Å². The second-order valence-electron chi connectivity index (χ2n) is 4.40. The minimum Gasteiger partial charge on any atom is -0.310 e. The minimum absolute atomic E-state index is 0.241. The molecule has 6 nitrogen and oxygen atoms in total. The molecule has 0 saturated heterocycles. The molecule has 0 saturated carbocycles. The highest BCUT2D eigenvalue weighted by molar-refractivity contribution is 7.88. The number of fused-ring (bicyclic) bond motifs is 1. The number of alkyl halides is 1. The van der Waals surface area contributed by atoms with Crippen LogP contribution in [-0.2, 0) is 16.6 Å². The maximum Gasteiger partial charge on any atom is 0.208 e. The second-order valence-corrected chi connectivity index (χ2v) is 7.32. The van der Waals surface area contributed by atoms with Gasteiger partial charge in [-0.05, 0) is 13.0 Å². The van der Waals surface area contributed by atoms with Gasteiger partial charge in [0.25, 0.3) is 0 Å². The van der Waals surface area contributed by atoms with E-state index in [0.29, 0.717) is 28.6 Å². The van der Waals surface area contributed by atoms with E-state index < -0.39 is 10.0 Å². The first kappa shape index (κ1) is 15.5. The number of nitrogens with zero attached hydrogens (tertiary/aromatic N) is 3. The van der Waals surface area contributed by atoms with Gasteiger partial charge < -0.3 is 4.57 Å². The fourth-order valence-corrected chi connectivity index (χ4v) is 2.65. The molecule has 2 aromatic heterocycles. The zero-order valence-corrected chi connectivity index (χ0v) is 13.3. The number of hydrogen-bond acceptors (Lipinski definition) is 4. The molecular weight excluding hydrogens is 323 g/mol. The number of sulfonamides is 1. The Labute approximate surface area is 127 Å². The van der Waals surface area contributed by atoms with Gasteiger partial charge in [-0.25, -0.2) is 23.1 Å². The molecule has 0 fully saturated rings. The maximum atomic E-state index is 11.1. The smallest absolute Gasteiger partial charge is 0.208 e. The molecule has 2 aromatic rings. The lowest BCUT2D eigenvalue weighted by Gasteiger charge is -2.10. The molecule has 1 N–H and O–H groups in total. The van der Waals surface area contributed by atoms with Crippen LogP contribution in [0, 0.1) is 0 Å². The molecule has 9 heteroatoms. The van der Waals surface area contributed by atoms with Gasteiger partial charge in [0.15, 0.2) is 5.65 Å². The predicted molar refractivity (Wildman–Crippen MR) is 79.7 cm³/mol. The van der Waals surface area contributed by atoms with E-state index in [1.807, 2.05) is 0 Å². The van der Waals surface area contributed by atoms with Crippen molar-refractivity contribution >= 4 is 44.4 Å². The summed E-state index contributed by atoms with van der Waals surface area (Å²) in [5.74, 6) is 0.631. The Bertz CT molecular complexity index is 727. The van der Waals surface area contributed by atoms with Crippen LogP contribution in [0.1, 0.15) is 18.1 Å². The predicted octanol–water partition coefficient (Wildman–Crippen LogP) is 1.93. The van der Waals surface area contributed by atoms with Crippen LogP contribution in [0.15, 0.2) is 12.3 Å². The molecule has 0 amide bonds. The highest BCUT2D eigenvalue weighted by Gasteiger charge is 2.16. The zero-order valence-electron chi connectivity index (χ0n) is 11.0. The Balaban J connectivity index is 2.36. The number of imidazole rings is 1. The summed E-state index contributed by atoms with van der Waals surface area (Å²) < 4.78 is 26.4. The van der Waals surface area contributed by atoms with Crippen molar-refractivity contribution in [1.29, 1.82) is 0 Å². The van der Waals surface area contributed by atoms with E-state index in [1.54, 1.807) is 17.6 Å². The van der Waals surface area contributed by atoms with Crippen molar-refractivity contribution in [2.24, 2.45) is 0 Å². The van der Waals surface area contributed by atoms with Gasteiger partial charge in [0, 0.05) is 19.3 Å². The number of nitrogens with one attached hydrogen (secondary N) is 1. The lowest BCUT2D eigenvalue weighted by molar-refractivity contribution is 0.576. The molecule has 20 heavy (non-hydrogen) atoms. The normalized spacial score (nSPS) is 13.8. The minimum atomic E-state index is -3.23. The van der Waals surface area contributed by atoms with E-state index >= 15 is 0 Å². The van der Waals surface area contributed by atoms with Crippen LogP contribution in [0.3, 0.4) is 0 Å². The molecule has 0 bridgehead atoms. The van der Waals surface area contributed by atoms with Crippen LogP contribution in [0.25, 0.3) is 11.2 Å². The third-order valence-corrected chi connectivity index (χ3v) is 3.77. The largest absolute Gasteiger partial charge is 0.310 e. The molecular formula is C11H14Cl2N4O2S. The Morgan fingerprint density at radius 1 is 1.50 bits per heavy atom. The summed E-state index contributed by atoms with van der Waals surface area (Å²) >= 11 is 12.0. The molecule has 0 aliphatic rings. The molecule has 0 radical (unpaired) electrons. The number of aromatic nitrogens is 3. The summed E-state index contributed by atoms with van der Waals surface area (Å²) in [6, 6.07) is 1.70. The number of hydrogen-bond donors (Lipinski definition) is 1. The number of rotatable bonds is 5. The Morgan fingerprint density at radius 2 is 2.20 bits per heavy atom. The van der Waals surface area contributed by atoms with Gasteiger partial charge in [0.05, 0.1) is 16.7 Å². The molecule has 110 valence electrons. The summed E-state index contributed by atoms with van der Waals surface area (Å²) in [7, 11) is -3.23. The summed E-state index contributed by atoms with van der Waals surface area (Å²) in [6.45, 7) is 2.43. The van der Waals surface area contributed by atoms with Crippen LogP contribution >= 0.6 is 23.2 Å². The fraction of sp³-hybridized carbons (Fsp3) is 0.455. The van der Waals surface area contributed by atoms with Crippen molar-refractivity contribution in [3.63, 3.8) is 0 Å². The fourth-order valence-electron chi connectivity index (χ4n) is 1.87. The summed E-state index contributed by atoms with van der Waals surface area (Å²) in [6.07, 6.45) is 2.64. The summed E-state index contributed by atoms with van der Waals surface area (Å²) in [5, 5.41) is 0.173. The van der Waals surface area contributed by atoms with Gasteiger partial charge in [-0.3, -0.25) is 0 Å². The molecule has 1 unspecified atom stereocenters. The van der Waals surface area contributed by atoms with Crippen molar-refractivity contribution in [3.8, 4) is 0 Å². The van der Waals surface area contributed by atoms with Gasteiger partial charge >= 0.3 is 0 Å². The van der Waals surface area contributed by atoms with E-state index in [9.17, 15) is 8.42 Å². The van der Waals surface area contributed by atoms with E-state index in [0.717, 1.165) is 6.26 Å². The van der Waals surface area contributed by atoms with E-state index in [4.69, 9.17) is 23.2 Å². The van der Waals surface area contributed by atoms with Crippen molar-refractivity contribution in [3.05, 3.63) is 23.1 Å². The van der Waals surface area contributed by atoms with E-state index in [1.165, 1.54) is 6.20 Å². The van der Waals surface area contributed by atoms with Gasteiger partial charge in [-0.1, -0.05) is 11.6 Å². The number of halogens is 2.